The first-order valence-corrected chi connectivity index (χ1v) is 9.59. The van der Waals surface area contributed by atoms with Crippen LogP contribution in [0.5, 0.6) is 0 Å². The Morgan fingerprint density at radius 1 is 1.28 bits per heavy atom. The van der Waals surface area contributed by atoms with E-state index in [0.717, 1.165) is 37.6 Å². The monoisotopic (exact) mass is 340 g/mol. The number of carbonyl (C=O) groups excluding carboxylic acids is 1. The van der Waals surface area contributed by atoms with Crippen LogP contribution in [0.3, 0.4) is 0 Å². The molecule has 5 nitrogen and oxygen atoms in total. The van der Waals surface area contributed by atoms with Crippen molar-refractivity contribution in [2.45, 2.75) is 39.2 Å². The second kappa shape index (κ2) is 6.79. The second-order valence-corrected chi connectivity index (χ2v) is 7.93. The maximum atomic E-state index is 13.2. The molecule has 0 N–H and O–H groups in total. The molecule has 2 aromatic rings. The first-order valence-electron chi connectivity index (χ1n) is 9.59. The number of nitrogens with zero attached hydrogens (tertiary/aromatic N) is 4. The molecule has 0 unspecified atom stereocenters. The summed E-state index contributed by atoms with van der Waals surface area (Å²) >= 11 is 0. The number of fused-ring (bicyclic) bond motifs is 1. The van der Waals surface area contributed by atoms with Gasteiger partial charge in [-0.15, -0.1) is 0 Å². The van der Waals surface area contributed by atoms with Crippen LogP contribution in [0, 0.1) is 11.8 Å². The molecule has 2 fully saturated rings. The third kappa shape index (κ3) is 3.43. The van der Waals surface area contributed by atoms with E-state index in [-0.39, 0.29) is 5.91 Å². The van der Waals surface area contributed by atoms with E-state index in [1.807, 2.05) is 33.7 Å². The smallest absolute Gasteiger partial charge is 0.272 e. The molecular weight excluding hydrogens is 312 g/mol. The van der Waals surface area contributed by atoms with Crippen molar-refractivity contribution in [3.05, 3.63) is 36.3 Å². The number of carbonyl (C=O) groups is 1. The van der Waals surface area contributed by atoms with Crippen LogP contribution in [0.1, 0.15) is 43.6 Å². The average Bonchev–Trinajstić information content (AvgIpc) is 3.36. The Bertz CT molecular complexity index is 749. The molecule has 1 saturated heterocycles. The molecule has 1 aliphatic heterocycles. The topological polar surface area (TPSA) is 40.9 Å². The number of hydrogen-bond donors (Lipinski definition) is 0. The Labute approximate surface area is 149 Å². The Morgan fingerprint density at radius 3 is 2.88 bits per heavy atom. The maximum Gasteiger partial charge on any atom is 0.272 e. The predicted molar refractivity (Wildman–Crippen MR) is 98.6 cm³/mol. The number of hydrogen-bond acceptors (Lipinski definition) is 3. The Kier molecular flexibility index (Phi) is 4.50. The molecule has 0 spiro atoms. The highest BCUT2D eigenvalue weighted by molar-refractivity contribution is 5.93. The molecule has 0 radical (unpaired) electrons. The number of aromatic nitrogens is 2. The van der Waals surface area contributed by atoms with Crippen molar-refractivity contribution in [2.75, 3.05) is 26.2 Å². The fourth-order valence-electron chi connectivity index (χ4n) is 3.99. The van der Waals surface area contributed by atoms with E-state index in [1.54, 1.807) is 6.20 Å². The summed E-state index contributed by atoms with van der Waals surface area (Å²) in [5.74, 6) is 1.55. The molecule has 134 valence electrons. The summed E-state index contributed by atoms with van der Waals surface area (Å²) in [6.45, 7) is 8.54. The third-order valence-corrected chi connectivity index (χ3v) is 5.63. The first-order chi connectivity index (χ1) is 12.1. The fraction of sp³-hybridized carbons (Fsp3) is 0.600. The normalized spacial score (nSPS) is 22.5. The van der Waals surface area contributed by atoms with E-state index in [4.69, 9.17) is 0 Å². The van der Waals surface area contributed by atoms with Gasteiger partial charge in [0.05, 0.1) is 6.20 Å². The van der Waals surface area contributed by atoms with Crippen molar-refractivity contribution >= 4 is 11.6 Å². The van der Waals surface area contributed by atoms with Gasteiger partial charge in [0.15, 0.2) is 0 Å². The van der Waals surface area contributed by atoms with Crippen molar-refractivity contribution in [1.82, 2.24) is 19.2 Å². The molecule has 2 aliphatic rings. The third-order valence-electron chi connectivity index (χ3n) is 5.63. The average molecular weight is 340 g/mol. The molecule has 5 heteroatoms. The molecule has 4 rings (SSSR count). The van der Waals surface area contributed by atoms with Crippen LogP contribution >= 0.6 is 0 Å². The van der Waals surface area contributed by atoms with Crippen LogP contribution in [-0.2, 0) is 0 Å². The quantitative estimate of drug-likeness (QED) is 0.859. The number of imidazole rings is 1. The van der Waals surface area contributed by atoms with Gasteiger partial charge in [-0.2, -0.15) is 0 Å². The van der Waals surface area contributed by atoms with Gasteiger partial charge in [-0.1, -0.05) is 19.9 Å². The first kappa shape index (κ1) is 16.6. The van der Waals surface area contributed by atoms with Gasteiger partial charge in [-0.3, -0.25) is 14.1 Å². The lowest BCUT2D eigenvalue weighted by atomic mass is 10.0. The highest BCUT2D eigenvalue weighted by Gasteiger charge is 2.34. The van der Waals surface area contributed by atoms with Crippen molar-refractivity contribution in [3.8, 4) is 0 Å². The molecular formula is C20H28N4O. The minimum atomic E-state index is 0.109. The lowest BCUT2D eigenvalue weighted by molar-refractivity contribution is 0.0697. The second-order valence-electron chi connectivity index (χ2n) is 7.93. The maximum absolute atomic E-state index is 13.2. The zero-order valence-electron chi connectivity index (χ0n) is 15.3. The van der Waals surface area contributed by atoms with Gasteiger partial charge in [-0.05, 0) is 43.2 Å². The van der Waals surface area contributed by atoms with E-state index in [1.165, 1.54) is 19.4 Å². The number of amides is 1. The van der Waals surface area contributed by atoms with Crippen molar-refractivity contribution < 1.29 is 4.79 Å². The summed E-state index contributed by atoms with van der Waals surface area (Å²) in [4.78, 5) is 22.3. The lowest BCUT2D eigenvalue weighted by Crippen LogP contribution is -2.46. The molecule has 1 aliphatic carbocycles. The Hall–Kier alpha value is -1.88. The van der Waals surface area contributed by atoms with E-state index in [9.17, 15) is 4.79 Å². The zero-order chi connectivity index (χ0) is 17.4. The largest absolute Gasteiger partial charge is 0.336 e. The van der Waals surface area contributed by atoms with Crippen LogP contribution in [0.4, 0.5) is 0 Å². The molecule has 3 heterocycles. The minimum Gasteiger partial charge on any atom is -0.336 e. The molecule has 1 amide bonds. The van der Waals surface area contributed by atoms with Crippen LogP contribution < -0.4 is 0 Å². The van der Waals surface area contributed by atoms with Gasteiger partial charge >= 0.3 is 0 Å². The van der Waals surface area contributed by atoms with E-state index in [2.05, 4.69) is 23.7 Å². The summed E-state index contributed by atoms with van der Waals surface area (Å²) in [6.07, 6.45) is 7.46. The van der Waals surface area contributed by atoms with Gasteiger partial charge in [0.2, 0.25) is 0 Å². The van der Waals surface area contributed by atoms with E-state index in [0.29, 0.717) is 17.7 Å². The standard InChI is InChI=1S/C20H28N4O/c1-15(2)18-14-23(10-5-9-22(18)13-16-7-8-16)20(25)17-12-21-19-6-3-4-11-24(17)19/h3-4,6,11-12,15-16,18H,5,7-10,13-14H2,1-2H3/t18-/m0/s1. The van der Waals surface area contributed by atoms with Gasteiger partial charge in [0, 0.05) is 38.4 Å². The molecule has 0 aromatic carbocycles. The van der Waals surface area contributed by atoms with Gasteiger partial charge in [0.1, 0.15) is 11.3 Å². The van der Waals surface area contributed by atoms with Gasteiger partial charge in [0.25, 0.3) is 5.91 Å². The fourth-order valence-corrected chi connectivity index (χ4v) is 3.99. The van der Waals surface area contributed by atoms with Crippen molar-refractivity contribution in [1.29, 1.82) is 0 Å². The number of pyridine rings is 1. The summed E-state index contributed by atoms with van der Waals surface area (Å²) in [6, 6.07) is 6.29. The molecule has 25 heavy (non-hydrogen) atoms. The van der Waals surface area contributed by atoms with Gasteiger partial charge < -0.3 is 4.90 Å². The van der Waals surface area contributed by atoms with Crippen LogP contribution in [-0.4, -0.2) is 57.3 Å². The highest BCUT2D eigenvalue weighted by atomic mass is 16.2. The van der Waals surface area contributed by atoms with Crippen LogP contribution in [0.15, 0.2) is 30.6 Å². The van der Waals surface area contributed by atoms with E-state index < -0.39 is 0 Å². The van der Waals surface area contributed by atoms with Crippen LogP contribution in [0.2, 0.25) is 0 Å². The minimum absolute atomic E-state index is 0.109. The zero-order valence-corrected chi connectivity index (χ0v) is 15.3. The summed E-state index contributed by atoms with van der Waals surface area (Å²) in [7, 11) is 0. The molecule has 1 saturated carbocycles. The van der Waals surface area contributed by atoms with Crippen LogP contribution in [0.25, 0.3) is 5.65 Å². The number of rotatable bonds is 4. The highest BCUT2D eigenvalue weighted by Crippen LogP contribution is 2.32. The lowest BCUT2D eigenvalue weighted by Gasteiger charge is -2.34. The molecule has 1 atom stereocenters. The summed E-state index contributed by atoms with van der Waals surface area (Å²) in [5, 5.41) is 0. The predicted octanol–water partition coefficient (Wildman–Crippen LogP) is 2.92. The summed E-state index contributed by atoms with van der Waals surface area (Å²) in [5.41, 5.74) is 1.50. The van der Waals surface area contributed by atoms with Gasteiger partial charge in [-0.25, -0.2) is 4.98 Å². The van der Waals surface area contributed by atoms with Crippen molar-refractivity contribution in [3.63, 3.8) is 0 Å². The van der Waals surface area contributed by atoms with E-state index >= 15 is 0 Å². The summed E-state index contributed by atoms with van der Waals surface area (Å²) < 4.78 is 1.90. The molecule has 0 bridgehead atoms. The Balaban J connectivity index is 1.55. The van der Waals surface area contributed by atoms with Crippen molar-refractivity contribution in [2.24, 2.45) is 11.8 Å². The SMILES string of the molecule is CC(C)[C@@H]1CN(C(=O)c2cnc3ccccn23)CCCN1CC1CC1. The Morgan fingerprint density at radius 2 is 2.12 bits per heavy atom. The molecule has 2 aromatic heterocycles.